The van der Waals surface area contributed by atoms with Gasteiger partial charge in [0, 0.05) is 68.2 Å². The summed E-state index contributed by atoms with van der Waals surface area (Å²) in [5.41, 5.74) is 25.4. The Morgan fingerprint density at radius 3 is 0.567 bits per heavy atom. The van der Waals surface area contributed by atoms with Crippen LogP contribution in [0.4, 0.5) is 68.2 Å². The predicted molar refractivity (Wildman–Crippen MR) is 384 cm³/mol. The minimum Gasteiger partial charge on any atom is -0.311 e. The quantitative estimate of drug-likeness (QED) is 0.0754. The summed E-state index contributed by atoms with van der Waals surface area (Å²) < 4.78 is 0. The fourth-order valence-corrected chi connectivity index (χ4v) is 12.2. The van der Waals surface area contributed by atoms with E-state index in [1.54, 1.807) is 0 Å². The van der Waals surface area contributed by atoms with E-state index in [-0.39, 0.29) is 0 Å². The highest BCUT2D eigenvalue weighted by Crippen LogP contribution is 2.43. The molecule has 0 N–H and O–H groups in total. The third-order valence-electron chi connectivity index (χ3n) is 17.7. The van der Waals surface area contributed by atoms with Crippen LogP contribution in [0, 0.1) is 0 Å². The molecule has 13 aromatic carbocycles. The van der Waals surface area contributed by atoms with Gasteiger partial charge in [-0.05, 0) is 232 Å². The molecule has 0 aliphatic rings. The molecule has 0 amide bonds. The summed E-state index contributed by atoms with van der Waals surface area (Å²) in [4.78, 5) is 9.34. The van der Waals surface area contributed by atoms with Gasteiger partial charge >= 0.3 is 0 Å². The Hall–Kier alpha value is -10.9. The van der Waals surface area contributed by atoms with E-state index in [9.17, 15) is 0 Å². The number of anilines is 12. The van der Waals surface area contributed by atoms with Crippen LogP contribution in [0.1, 0.15) is 63.5 Å². The number of hydrogen-bond acceptors (Lipinski definition) is 4. The van der Waals surface area contributed by atoms with Gasteiger partial charge in [-0.25, -0.2) is 0 Å². The molecule has 4 nitrogen and oxygen atoms in total. The highest BCUT2D eigenvalue weighted by Gasteiger charge is 2.19. The first-order valence-corrected chi connectivity index (χ1v) is 31.7. The molecule has 0 fully saturated rings. The highest BCUT2D eigenvalue weighted by molar-refractivity contribution is 5.85. The van der Waals surface area contributed by atoms with Crippen LogP contribution in [0.3, 0.4) is 0 Å². The smallest absolute Gasteiger partial charge is 0.0462 e. The van der Waals surface area contributed by atoms with Crippen LogP contribution >= 0.6 is 0 Å². The van der Waals surface area contributed by atoms with Crippen molar-refractivity contribution in [3.05, 3.63) is 351 Å². The highest BCUT2D eigenvalue weighted by atomic mass is 15.2. The zero-order valence-corrected chi connectivity index (χ0v) is 51.7. The molecular weight excluding hydrogens is 1090 g/mol. The molecule has 2 atom stereocenters. The molecule has 0 bridgehead atoms. The van der Waals surface area contributed by atoms with Crippen molar-refractivity contribution in [1.29, 1.82) is 0 Å². The average Bonchev–Trinajstić information content (AvgIpc) is 1.49. The summed E-state index contributed by atoms with van der Waals surface area (Å²) in [6, 6.07) is 123. The van der Waals surface area contributed by atoms with Crippen molar-refractivity contribution in [3.63, 3.8) is 0 Å². The van der Waals surface area contributed by atoms with Crippen LogP contribution in [0.5, 0.6) is 0 Å². The molecule has 438 valence electrons. The van der Waals surface area contributed by atoms with Crippen LogP contribution in [0.15, 0.2) is 340 Å². The Balaban J connectivity index is 0.753. The van der Waals surface area contributed by atoms with Gasteiger partial charge in [-0.2, -0.15) is 0 Å². The molecule has 0 saturated carbocycles. The number of benzene rings is 13. The van der Waals surface area contributed by atoms with Crippen molar-refractivity contribution < 1.29 is 0 Å². The van der Waals surface area contributed by atoms with E-state index in [2.05, 4.69) is 387 Å². The molecule has 90 heavy (non-hydrogen) atoms. The second-order valence-corrected chi connectivity index (χ2v) is 23.3. The van der Waals surface area contributed by atoms with E-state index < -0.39 is 0 Å². The van der Waals surface area contributed by atoms with Crippen LogP contribution in [-0.4, -0.2) is 0 Å². The van der Waals surface area contributed by atoms with E-state index in [1.165, 1.54) is 33.4 Å². The minimum atomic E-state index is 0.490. The molecule has 0 aromatic heterocycles. The fourth-order valence-electron chi connectivity index (χ4n) is 12.2. The number of nitrogens with zero attached hydrogens (tertiary/aromatic N) is 4. The SMILES string of the molecule is CCC(C)c1ccc(N(c2ccc(-c3ccc(N(c4ccccc4)c4ccccc4)cc3)cc2)c2ccc(-c3cccc(-c4ccc(N(c5ccc(-c6ccc(N(c7ccccc7)c7ccccc7)cc6)cc5)c5ccc(C(C)CC)cc5)cc4)c3)cc2)cc1. The van der Waals surface area contributed by atoms with Gasteiger partial charge < -0.3 is 19.6 Å². The van der Waals surface area contributed by atoms with Crippen LogP contribution in [0.25, 0.3) is 44.5 Å². The van der Waals surface area contributed by atoms with Crippen LogP contribution < -0.4 is 19.6 Å². The van der Waals surface area contributed by atoms with E-state index >= 15 is 0 Å². The van der Waals surface area contributed by atoms with Crippen molar-refractivity contribution in [1.82, 2.24) is 0 Å². The Morgan fingerprint density at radius 1 is 0.189 bits per heavy atom. The summed E-state index contributed by atoms with van der Waals surface area (Å²) in [5, 5.41) is 0. The predicted octanol–water partition coefficient (Wildman–Crippen LogP) is 25.3. The molecule has 4 heteroatoms. The summed E-state index contributed by atoms with van der Waals surface area (Å²) in [6.45, 7) is 9.12. The van der Waals surface area contributed by atoms with E-state index in [1.807, 2.05) is 0 Å². The molecule has 13 rings (SSSR count). The topological polar surface area (TPSA) is 13.0 Å². The summed E-state index contributed by atoms with van der Waals surface area (Å²) in [7, 11) is 0. The number of hydrogen-bond donors (Lipinski definition) is 0. The van der Waals surface area contributed by atoms with E-state index in [0.717, 1.165) is 103 Å². The Labute approximate surface area is 532 Å². The lowest BCUT2D eigenvalue weighted by Crippen LogP contribution is -2.10. The zero-order chi connectivity index (χ0) is 61.2. The van der Waals surface area contributed by atoms with Crippen molar-refractivity contribution in [2.45, 2.75) is 52.4 Å². The maximum atomic E-state index is 2.37. The summed E-state index contributed by atoms with van der Waals surface area (Å²) in [6.07, 6.45) is 2.20. The average molecular weight is 1160 g/mol. The molecule has 0 heterocycles. The molecule has 2 unspecified atom stereocenters. The first kappa shape index (κ1) is 58.1. The van der Waals surface area contributed by atoms with Crippen molar-refractivity contribution in [2.75, 3.05) is 19.6 Å². The largest absolute Gasteiger partial charge is 0.311 e. The normalized spacial score (nSPS) is 11.8. The van der Waals surface area contributed by atoms with Crippen LogP contribution in [0.2, 0.25) is 0 Å². The minimum absolute atomic E-state index is 0.490. The second kappa shape index (κ2) is 27.0. The lowest BCUT2D eigenvalue weighted by Gasteiger charge is -2.27. The number of para-hydroxylation sites is 4. The number of rotatable bonds is 20. The lowest BCUT2D eigenvalue weighted by atomic mass is 9.97. The molecule has 0 saturated heterocycles. The molecule has 0 spiro atoms. The van der Waals surface area contributed by atoms with Crippen molar-refractivity contribution in [3.8, 4) is 44.5 Å². The lowest BCUT2D eigenvalue weighted by molar-refractivity contribution is 0.733. The molecule has 0 radical (unpaired) electrons. The fraction of sp³-hybridized carbons (Fsp3) is 0.0930. The second-order valence-electron chi connectivity index (χ2n) is 23.3. The van der Waals surface area contributed by atoms with Gasteiger partial charge in [0.15, 0.2) is 0 Å². The van der Waals surface area contributed by atoms with Crippen molar-refractivity contribution >= 4 is 68.2 Å². The Bertz CT molecular complexity index is 4020. The van der Waals surface area contributed by atoms with Gasteiger partial charge in [0.05, 0.1) is 0 Å². The first-order chi connectivity index (χ1) is 44.3. The standard InChI is InChI=1S/C86H74N4/c1-5-63(3)65-30-46-79(47-31-65)89(83-54-38-69(39-55-83)67-34-50-81(51-35-67)87(75-22-11-7-12-23-75)76-24-13-8-14-25-76)85-58-42-71(43-59-85)73-20-19-21-74(62-73)72-44-60-86(61-45-72)90(80-48-32-66(33-49-80)64(4)6-2)84-56-40-70(41-57-84)68-36-52-82(53-37-68)88(77-26-15-9-16-27-77)78-28-17-10-18-29-78/h7-64H,5-6H2,1-4H3. The van der Waals surface area contributed by atoms with Gasteiger partial charge in [-0.3, -0.25) is 0 Å². The van der Waals surface area contributed by atoms with Gasteiger partial charge in [-0.1, -0.05) is 216 Å². The third-order valence-corrected chi connectivity index (χ3v) is 17.7. The first-order valence-electron chi connectivity index (χ1n) is 31.7. The van der Waals surface area contributed by atoms with Crippen molar-refractivity contribution in [2.24, 2.45) is 0 Å². The van der Waals surface area contributed by atoms with E-state index in [4.69, 9.17) is 0 Å². The maximum Gasteiger partial charge on any atom is 0.0462 e. The maximum absolute atomic E-state index is 2.37. The van der Waals surface area contributed by atoms with Gasteiger partial charge in [0.25, 0.3) is 0 Å². The molecular formula is C86H74N4. The van der Waals surface area contributed by atoms with E-state index in [0.29, 0.717) is 11.8 Å². The third kappa shape index (κ3) is 12.7. The molecule has 0 aliphatic carbocycles. The van der Waals surface area contributed by atoms with Gasteiger partial charge in [0.1, 0.15) is 0 Å². The summed E-state index contributed by atoms with van der Waals surface area (Å²) in [5.74, 6) is 0.981. The monoisotopic (exact) mass is 1160 g/mol. The molecule has 13 aromatic rings. The Morgan fingerprint density at radius 2 is 0.367 bits per heavy atom. The van der Waals surface area contributed by atoms with Gasteiger partial charge in [-0.15, -0.1) is 0 Å². The van der Waals surface area contributed by atoms with Crippen LogP contribution in [-0.2, 0) is 0 Å². The summed E-state index contributed by atoms with van der Waals surface area (Å²) >= 11 is 0. The van der Waals surface area contributed by atoms with Gasteiger partial charge in [0.2, 0.25) is 0 Å². The zero-order valence-electron chi connectivity index (χ0n) is 51.7. The molecule has 0 aliphatic heterocycles. The Kier molecular flexibility index (Phi) is 17.4.